The molecule has 0 amide bonds. The molecule has 1 aliphatic rings. The molecule has 5 nitrogen and oxygen atoms in total. The number of fused-ring (bicyclic) bond motifs is 1. The standard InChI is InChI=1S/C40H27N5/c1-45-39(31-12-6-3-7-13-31)43-38(30-10-4-2-5-11-30)44-40(45)32-18-16-29(17-19-32)34-23-33-14-8-9-15-36(33)37(24-34)35-21-27(25-41)20-28(22-35)26-42/h2-24,39H,1H3. The SMILES string of the molecule is CN1C(c2ccc(-c3cc(-c4cc(C#N)cc(C#N)c4)c4ccccc4c3)cc2)=NC(c2ccccc2)=NC1c1ccccc1. The molecule has 7 rings (SSSR count). The van der Waals surface area contributed by atoms with Gasteiger partial charge in [0.25, 0.3) is 0 Å². The van der Waals surface area contributed by atoms with Crippen molar-refractivity contribution in [2.75, 3.05) is 7.05 Å². The first-order chi connectivity index (χ1) is 22.1. The summed E-state index contributed by atoms with van der Waals surface area (Å²) in [6.07, 6.45) is -0.209. The lowest BCUT2D eigenvalue weighted by molar-refractivity contribution is 0.383. The molecular weight excluding hydrogens is 550 g/mol. The molecule has 0 bridgehead atoms. The van der Waals surface area contributed by atoms with Gasteiger partial charge in [0.15, 0.2) is 5.84 Å². The minimum atomic E-state index is -0.209. The van der Waals surface area contributed by atoms with Crippen molar-refractivity contribution < 1.29 is 0 Å². The molecule has 0 saturated heterocycles. The number of hydrogen-bond donors (Lipinski definition) is 0. The van der Waals surface area contributed by atoms with Crippen molar-refractivity contribution >= 4 is 22.4 Å². The van der Waals surface area contributed by atoms with Crippen LogP contribution in [0.1, 0.15) is 34.0 Å². The van der Waals surface area contributed by atoms with Crippen LogP contribution in [0.4, 0.5) is 0 Å². The van der Waals surface area contributed by atoms with Gasteiger partial charge in [-0.15, -0.1) is 0 Å². The van der Waals surface area contributed by atoms with E-state index in [9.17, 15) is 10.5 Å². The van der Waals surface area contributed by atoms with E-state index in [1.807, 2.05) is 79.8 Å². The molecule has 6 aromatic carbocycles. The Morgan fingerprint density at radius 1 is 0.578 bits per heavy atom. The van der Waals surface area contributed by atoms with Gasteiger partial charge >= 0.3 is 0 Å². The van der Waals surface area contributed by atoms with Gasteiger partial charge < -0.3 is 4.90 Å². The highest BCUT2D eigenvalue weighted by molar-refractivity contribution is 6.13. The zero-order valence-electron chi connectivity index (χ0n) is 24.6. The van der Waals surface area contributed by atoms with Crippen molar-refractivity contribution in [2.24, 2.45) is 9.98 Å². The summed E-state index contributed by atoms with van der Waals surface area (Å²) >= 11 is 0. The lowest BCUT2D eigenvalue weighted by Crippen LogP contribution is -2.35. The van der Waals surface area contributed by atoms with Crippen molar-refractivity contribution in [1.82, 2.24) is 4.90 Å². The van der Waals surface area contributed by atoms with E-state index in [2.05, 4.69) is 77.7 Å². The fourth-order valence-electron chi connectivity index (χ4n) is 5.88. The third kappa shape index (κ3) is 5.36. The predicted molar refractivity (Wildman–Crippen MR) is 181 cm³/mol. The maximum absolute atomic E-state index is 9.61. The van der Waals surface area contributed by atoms with Crippen LogP contribution in [0.15, 0.2) is 150 Å². The molecule has 1 atom stereocenters. The number of hydrogen-bond acceptors (Lipinski definition) is 5. The molecule has 0 N–H and O–H groups in total. The maximum Gasteiger partial charge on any atom is 0.159 e. The second kappa shape index (κ2) is 11.8. The minimum Gasteiger partial charge on any atom is -0.333 e. The molecule has 0 spiro atoms. The van der Waals surface area contributed by atoms with Gasteiger partial charge in [-0.25, -0.2) is 9.98 Å². The highest BCUT2D eigenvalue weighted by atomic mass is 15.3. The maximum atomic E-state index is 9.61. The molecule has 0 fully saturated rings. The van der Waals surface area contributed by atoms with E-state index >= 15 is 0 Å². The van der Waals surface area contributed by atoms with Crippen LogP contribution in [-0.2, 0) is 0 Å². The number of nitrogens with zero attached hydrogens (tertiary/aromatic N) is 5. The molecule has 1 heterocycles. The number of benzene rings is 6. The summed E-state index contributed by atoms with van der Waals surface area (Å²) in [4.78, 5) is 12.2. The summed E-state index contributed by atoms with van der Waals surface area (Å²) in [5.41, 5.74) is 7.92. The van der Waals surface area contributed by atoms with E-state index in [1.165, 1.54) is 0 Å². The molecule has 0 aromatic heterocycles. The van der Waals surface area contributed by atoms with Crippen LogP contribution in [0.3, 0.4) is 0 Å². The lowest BCUT2D eigenvalue weighted by Gasteiger charge is -2.32. The first-order valence-electron chi connectivity index (χ1n) is 14.7. The van der Waals surface area contributed by atoms with E-state index < -0.39 is 0 Å². The van der Waals surface area contributed by atoms with Crippen LogP contribution >= 0.6 is 0 Å². The van der Waals surface area contributed by atoms with Gasteiger partial charge in [-0.3, -0.25) is 0 Å². The van der Waals surface area contributed by atoms with Gasteiger partial charge in [-0.05, 0) is 68.9 Å². The highest BCUT2D eigenvalue weighted by Crippen LogP contribution is 2.36. The van der Waals surface area contributed by atoms with E-state index in [-0.39, 0.29) is 6.17 Å². The Morgan fingerprint density at radius 3 is 1.89 bits per heavy atom. The van der Waals surface area contributed by atoms with Crippen LogP contribution in [0.2, 0.25) is 0 Å². The molecule has 212 valence electrons. The molecule has 45 heavy (non-hydrogen) atoms. The van der Waals surface area contributed by atoms with Gasteiger partial charge in [0.2, 0.25) is 0 Å². The summed E-state index contributed by atoms with van der Waals surface area (Å²) in [7, 11) is 2.04. The van der Waals surface area contributed by atoms with E-state index in [1.54, 1.807) is 6.07 Å². The van der Waals surface area contributed by atoms with Gasteiger partial charge in [0.1, 0.15) is 12.0 Å². The van der Waals surface area contributed by atoms with Crippen molar-refractivity contribution in [3.8, 4) is 34.4 Å². The molecule has 1 unspecified atom stereocenters. The van der Waals surface area contributed by atoms with E-state index in [0.717, 1.165) is 55.6 Å². The molecular formula is C40H27N5. The molecule has 1 aliphatic heterocycles. The van der Waals surface area contributed by atoms with Gasteiger partial charge in [-0.1, -0.05) is 109 Å². The Morgan fingerprint density at radius 2 is 1.20 bits per heavy atom. The van der Waals surface area contributed by atoms with Crippen molar-refractivity contribution in [3.63, 3.8) is 0 Å². The normalized spacial score (nSPS) is 14.3. The monoisotopic (exact) mass is 577 g/mol. The Labute approximate surface area is 262 Å². The average molecular weight is 578 g/mol. The summed E-state index contributed by atoms with van der Waals surface area (Å²) in [5.74, 6) is 1.55. The lowest BCUT2D eigenvalue weighted by atomic mass is 9.91. The van der Waals surface area contributed by atoms with Crippen LogP contribution in [0.5, 0.6) is 0 Å². The quantitative estimate of drug-likeness (QED) is 0.206. The largest absolute Gasteiger partial charge is 0.333 e. The molecule has 0 saturated carbocycles. The zero-order valence-corrected chi connectivity index (χ0v) is 24.6. The summed E-state index contributed by atoms with van der Waals surface area (Å²) in [6.45, 7) is 0. The number of nitriles is 2. The molecule has 0 radical (unpaired) electrons. The third-order valence-electron chi connectivity index (χ3n) is 8.13. The topological polar surface area (TPSA) is 75.5 Å². The van der Waals surface area contributed by atoms with Crippen molar-refractivity contribution in [2.45, 2.75) is 6.17 Å². The van der Waals surface area contributed by atoms with Gasteiger partial charge in [0, 0.05) is 18.2 Å². The fraction of sp³-hybridized carbons (Fsp3) is 0.0500. The Balaban J connectivity index is 1.30. The zero-order chi connectivity index (χ0) is 30.8. The second-order valence-corrected chi connectivity index (χ2v) is 11.0. The first-order valence-corrected chi connectivity index (χ1v) is 14.7. The van der Waals surface area contributed by atoms with E-state index in [0.29, 0.717) is 17.0 Å². The van der Waals surface area contributed by atoms with Crippen molar-refractivity contribution in [3.05, 3.63) is 167 Å². The fourth-order valence-corrected chi connectivity index (χ4v) is 5.88. The summed E-state index contributed by atoms with van der Waals surface area (Å²) in [5, 5.41) is 21.4. The first kappa shape index (κ1) is 27.5. The number of rotatable bonds is 5. The Bertz CT molecular complexity index is 2150. The minimum absolute atomic E-state index is 0.209. The van der Waals surface area contributed by atoms with Gasteiger partial charge in [0.05, 0.1) is 23.3 Å². The predicted octanol–water partition coefficient (Wildman–Crippen LogP) is 8.75. The number of amidine groups is 2. The number of aliphatic imine (C=N–C) groups is 2. The molecule has 5 heteroatoms. The Hall–Kier alpha value is -6.30. The molecule has 0 aliphatic carbocycles. The van der Waals surface area contributed by atoms with Gasteiger partial charge in [-0.2, -0.15) is 10.5 Å². The van der Waals surface area contributed by atoms with Crippen LogP contribution in [0, 0.1) is 22.7 Å². The van der Waals surface area contributed by atoms with Crippen molar-refractivity contribution in [1.29, 1.82) is 10.5 Å². The van der Waals surface area contributed by atoms with E-state index in [4.69, 9.17) is 9.98 Å². The van der Waals surface area contributed by atoms with Crippen LogP contribution < -0.4 is 0 Å². The Kier molecular flexibility index (Phi) is 7.20. The second-order valence-electron chi connectivity index (χ2n) is 11.0. The molecule has 6 aromatic rings. The smallest absolute Gasteiger partial charge is 0.159 e. The summed E-state index contributed by atoms with van der Waals surface area (Å²) in [6, 6.07) is 51.1. The average Bonchev–Trinajstić information content (AvgIpc) is 3.11. The van der Waals surface area contributed by atoms with Crippen LogP contribution in [-0.4, -0.2) is 23.6 Å². The summed E-state index contributed by atoms with van der Waals surface area (Å²) < 4.78 is 0. The third-order valence-corrected chi connectivity index (χ3v) is 8.13. The van der Waals surface area contributed by atoms with Crippen LogP contribution in [0.25, 0.3) is 33.0 Å². The highest BCUT2D eigenvalue weighted by Gasteiger charge is 2.26.